The molecule has 0 aliphatic carbocycles. The van der Waals surface area contributed by atoms with Gasteiger partial charge in [-0.05, 0) is 48.9 Å². The normalized spacial score (nSPS) is 10.9. The molecule has 1 aromatic heterocycles. The SMILES string of the molecule is Cc1ccc(Nc2nc(-c3ccc(C(=O)N/N=C/c4cc(Cl)c(OCC(N)=O)c(Cl)c4)cc3)cs2)cc1. The zero-order chi connectivity index (χ0) is 26.4. The lowest BCUT2D eigenvalue weighted by Crippen LogP contribution is -2.20. The minimum atomic E-state index is -0.653. The van der Waals surface area contributed by atoms with Crippen molar-refractivity contribution in [2.45, 2.75) is 6.92 Å². The fraction of sp³-hybridized carbons (Fsp3) is 0.0769. The molecule has 0 saturated carbocycles. The lowest BCUT2D eigenvalue weighted by Gasteiger charge is -2.09. The molecular weight excluding hydrogens is 533 g/mol. The van der Waals surface area contributed by atoms with Crippen molar-refractivity contribution in [3.05, 3.63) is 92.8 Å². The first kappa shape index (κ1) is 26.2. The number of aromatic nitrogens is 1. The van der Waals surface area contributed by atoms with Gasteiger partial charge in [0.05, 0.1) is 22.0 Å². The zero-order valence-corrected chi connectivity index (χ0v) is 21.8. The van der Waals surface area contributed by atoms with E-state index in [1.165, 1.54) is 35.2 Å². The Bertz CT molecular complexity index is 1430. The van der Waals surface area contributed by atoms with Gasteiger partial charge in [0.2, 0.25) is 0 Å². The molecule has 37 heavy (non-hydrogen) atoms. The van der Waals surface area contributed by atoms with E-state index in [1.54, 1.807) is 12.1 Å². The molecule has 0 unspecified atom stereocenters. The molecule has 4 N–H and O–H groups in total. The van der Waals surface area contributed by atoms with Crippen LogP contribution in [0.15, 0.2) is 71.1 Å². The van der Waals surface area contributed by atoms with E-state index in [-0.39, 0.29) is 28.3 Å². The Balaban J connectivity index is 1.35. The minimum Gasteiger partial charge on any atom is -0.481 e. The van der Waals surface area contributed by atoms with Crippen LogP contribution < -0.4 is 21.2 Å². The maximum atomic E-state index is 12.5. The first-order chi connectivity index (χ1) is 17.8. The van der Waals surface area contributed by atoms with Gasteiger partial charge in [-0.15, -0.1) is 11.3 Å². The van der Waals surface area contributed by atoms with Gasteiger partial charge in [0.1, 0.15) is 0 Å². The van der Waals surface area contributed by atoms with Crippen LogP contribution in [0.3, 0.4) is 0 Å². The molecule has 0 aliphatic rings. The van der Waals surface area contributed by atoms with Crippen molar-refractivity contribution < 1.29 is 14.3 Å². The number of benzene rings is 3. The molecule has 0 aliphatic heterocycles. The molecule has 4 aromatic rings. The molecule has 0 saturated heterocycles. The number of anilines is 2. The summed E-state index contributed by atoms with van der Waals surface area (Å²) >= 11 is 13.8. The predicted molar refractivity (Wildman–Crippen MR) is 148 cm³/mol. The molecule has 3 aromatic carbocycles. The largest absolute Gasteiger partial charge is 0.481 e. The van der Waals surface area contributed by atoms with Crippen molar-refractivity contribution >= 4 is 63.4 Å². The Kier molecular flexibility index (Phi) is 8.39. The number of amides is 2. The maximum absolute atomic E-state index is 12.5. The molecule has 188 valence electrons. The van der Waals surface area contributed by atoms with E-state index in [0.29, 0.717) is 11.1 Å². The van der Waals surface area contributed by atoms with Gasteiger partial charge < -0.3 is 15.8 Å². The van der Waals surface area contributed by atoms with Gasteiger partial charge >= 0.3 is 0 Å². The highest BCUT2D eigenvalue weighted by molar-refractivity contribution is 7.14. The molecule has 0 fully saturated rings. The number of hydrazone groups is 1. The van der Waals surface area contributed by atoms with Crippen LogP contribution in [-0.2, 0) is 4.79 Å². The third-order valence-corrected chi connectivity index (χ3v) is 6.33. The highest BCUT2D eigenvalue weighted by Gasteiger charge is 2.11. The number of primary amides is 1. The van der Waals surface area contributed by atoms with Gasteiger partial charge in [0.25, 0.3) is 11.8 Å². The quantitative estimate of drug-likeness (QED) is 0.179. The zero-order valence-electron chi connectivity index (χ0n) is 19.5. The van der Waals surface area contributed by atoms with Gasteiger partial charge in [-0.3, -0.25) is 9.59 Å². The van der Waals surface area contributed by atoms with E-state index in [0.717, 1.165) is 22.1 Å². The van der Waals surface area contributed by atoms with Crippen molar-refractivity contribution in [2.75, 3.05) is 11.9 Å². The highest BCUT2D eigenvalue weighted by atomic mass is 35.5. The summed E-state index contributed by atoms with van der Waals surface area (Å²) in [5.41, 5.74) is 12.3. The lowest BCUT2D eigenvalue weighted by molar-refractivity contribution is -0.119. The summed E-state index contributed by atoms with van der Waals surface area (Å²) in [7, 11) is 0. The first-order valence-electron chi connectivity index (χ1n) is 10.9. The third-order valence-electron chi connectivity index (χ3n) is 5.01. The van der Waals surface area contributed by atoms with Gasteiger partial charge in [-0.1, -0.05) is 53.0 Å². The number of carbonyl (C=O) groups is 2. The monoisotopic (exact) mass is 553 g/mol. The van der Waals surface area contributed by atoms with E-state index >= 15 is 0 Å². The van der Waals surface area contributed by atoms with Crippen molar-refractivity contribution in [3.63, 3.8) is 0 Å². The standard InChI is InChI=1S/C26H21Cl2N5O3S/c1-15-2-8-19(9-3-15)31-26-32-22(14-37-26)17-4-6-18(7-5-17)25(35)33-30-12-16-10-20(27)24(21(28)11-16)36-13-23(29)34/h2-12,14H,13H2,1H3,(H2,29,34)(H,31,32)(H,33,35)/b30-12+. The van der Waals surface area contributed by atoms with Crippen LogP contribution in [0.5, 0.6) is 5.75 Å². The molecule has 0 spiro atoms. The number of nitrogens with zero attached hydrogens (tertiary/aromatic N) is 2. The summed E-state index contributed by atoms with van der Waals surface area (Å²) in [5.74, 6) is -0.900. The molecule has 1 heterocycles. The summed E-state index contributed by atoms with van der Waals surface area (Å²) in [6.45, 7) is 1.69. The summed E-state index contributed by atoms with van der Waals surface area (Å²) in [6.07, 6.45) is 1.39. The number of thiazole rings is 1. The van der Waals surface area contributed by atoms with Gasteiger partial charge in [-0.2, -0.15) is 5.10 Å². The molecular formula is C26H21Cl2N5O3S. The van der Waals surface area contributed by atoms with Crippen LogP contribution in [0.25, 0.3) is 11.3 Å². The van der Waals surface area contributed by atoms with Gasteiger partial charge in [0.15, 0.2) is 17.5 Å². The van der Waals surface area contributed by atoms with Crippen molar-refractivity contribution in [1.29, 1.82) is 0 Å². The fourth-order valence-electron chi connectivity index (χ4n) is 3.18. The summed E-state index contributed by atoms with van der Waals surface area (Å²) in [5, 5.41) is 10.3. The number of hydrogen-bond donors (Lipinski definition) is 3. The molecule has 11 heteroatoms. The highest BCUT2D eigenvalue weighted by Crippen LogP contribution is 2.34. The summed E-state index contributed by atoms with van der Waals surface area (Å²) in [6, 6.07) is 18.2. The lowest BCUT2D eigenvalue weighted by atomic mass is 10.1. The molecule has 0 bridgehead atoms. The Hall–Kier alpha value is -3.92. The van der Waals surface area contributed by atoms with E-state index in [2.05, 4.69) is 20.8 Å². The number of nitrogens with two attached hydrogens (primary N) is 1. The number of hydrogen-bond acceptors (Lipinski definition) is 7. The van der Waals surface area contributed by atoms with Crippen LogP contribution in [0.2, 0.25) is 10.0 Å². The summed E-state index contributed by atoms with van der Waals surface area (Å²) in [4.78, 5) is 28.0. The molecule has 8 nitrogen and oxygen atoms in total. The Labute approximate surface area is 227 Å². The van der Waals surface area contributed by atoms with E-state index in [4.69, 9.17) is 33.7 Å². The van der Waals surface area contributed by atoms with E-state index < -0.39 is 5.91 Å². The van der Waals surface area contributed by atoms with Crippen LogP contribution in [0, 0.1) is 6.92 Å². The number of halogens is 2. The van der Waals surface area contributed by atoms with E-state index in [1.807, 2.05) is 48.7 Å². The number of nitrogens with one attached hydrogen (secondary N) is 2. The molecule has 0 radical (unpaired) electrons. The van der Waals surface area contributed by atoms with Crippen LogP contribution in [0.1, 0.15) is 21.5 Å². The number of ether oxygens (including phenoxy) is 1. The molecule has 0 atom stereocenters. The van der Waals surface area contributed by atoms with Gasteiger partial charge in [0, 0.05) is 22.2 Å². The van der Waals surface area contributed by atoms with Crippen molar-refractivity contribution in [1.82, 2.24) is 10.4 Å². The molecule has 2 amide bonds. The topological polar surface area (TPSA) is 119 Å². The van der Waals surface area contributed by atoms with Crippen LogP contribution in [0.4, 0.5) is 10.8 Å². The predicted octanol–water partition coefficient (Wildman–Crippen LogP) is 5.80. The number of aryl methyl sites for hydroxylation is 1. The number of rotatable bonds is 9. The van der Waals surface area contributed by atoms with Gasteiger partial charge in [-0.25, -0.2) is 10.4 Å². The Morgan fingerprint density at radius 2 is 1.76 bits per heavy atom. The van der Waals surface area contributed by atoms with Crippen LogP contribution >= 0.6 is 34.5 Å². The fourth-order valence-corrected chi connectivity index (χ4v) is 4.53. The van der Waals surface area contributed by atoms with Crippen LogP contribution in [-0.4, -0.2) is 29.6 Å². The first-order valence-corrected chi connectivity index (χ1v) is 12.6. The molecule has 4 rings (SSSR count). The Morgan fingerprint density at radius 3 is 2.41 bits per heavy atom. The second-order valence-electron chi connectivity index (χ2n) is 7.87. The smallest absolute Gasteiger partial charge is 0.271 e. The second kappa shape index (κ2) is 11.9. The Morgan fingerprint density at radius 1 is 1.08 bits per heavy atom. The second-order valence-corrected chi connectivity index (χ2v) is 9.55. The average Bonchev–Trinajstić information content (AvgIpc) is 3.33. The van der Waals surface area contributed by atoms with Crippen molar-refractivity contribution in [3.8, 4) is 17.0 Å². The maximum Gasteiger partial charge on any atom is 0.271 e. The average molecular weight is 554 g/mol. The minimum absolute atomic E-state index is 0.140. The number of carbonyl (C=O) groups excluding carboxylic acids is 2. The van der Waals surface area contributed by atoms with E-state index in [9.17, 15) is 9.59 Å². The summed E-state index contributed by atoms with van der Waals surface area (Å²) < 4.78 is 5.20. The third kappa shape index (κ3) is 7.07. The van der Waals surface area contributed by atoms with Crippen molar-refractivity contribution in [2.24, 2.45) is 10.8 Å².